The molecule has 14 heavy (non-hydrogen) atoms. The van der Waals surface area contributed by atoms with E-state index in [-0.39, 0.29) is 0 Å². The third-order valence-corrected chi connectivity index (χ3v) is 5.18. The Bertz CT molecular complexity index is 140. The van der Waals surface area contributed by atoms with E-state index in [1.54, 1.807) is 0 Å². The van der Waals surface area contributed by atoms with Gasteiger partial charge < -0.3 is 10.1 Å². The number of hydrogen-bond donors (Lipinski definition) is 1. The number of hydrogen-bond acceptors (Lipinski definition) is 4. The van der Waals surface area contributed by atoms with Gasteiger partial charge in [0.1, 0.15) is 0 Å². The van der Waals surface area contributed by atoms with Crippen molar-refractivity contribution in [2.75, 3.05) is 37.0 Å². The van der Waals surface area contributed by atoms with E-state index < -0.39 is 0 Å². The van der Waals surface area contributed by atoms with E-state index in [9.17, 15) is 0 Å². The molecule has 0 amide bonds. The van der Waals surface area contributed by atoms with Gasteiger partial charge in [0.05, 0.1) is 6.61 Å². The van der Waals surface area contributed by atoms with Crippen LogP contribution in [0.25, 0.3) is 0 Å². The van der Waals surface area contributed by atoms with Crippen LogP contribution in [-0.4, -0.2) is 48.3 Å². The fourth-order valence-corrected chi connectivity index (χ4v) is 4.41. The zero-order valence-corrected chi connectivity index (χ0v) is 10.8. The Labute approximate surface area is 95.9 Å². The van der Waals surface area contributed by atoms with Crippen molar-refractivity contribution < 1.29 is 4.74 Å². The molecule has 4 heteroatoms. The predicted octanol–water partition coefficient (Wildman–Crippen LogP) is 1.85. The molecule has 0 spiro atoms. The van der Waals surface area contributed by atoms with E-state index >= 15 is 0 Å². The minimum atomic E-state index is 0.540. The highest BCUT2D eigenvalue weighted by Gasteiger charge is 2.23. The third-order valence-electron chi connectivity index (χ3n) is 2.26. The zero-order valence-electron chi connectivity index (χ0n) is 9.12. The summed E-state index contributed by atoms with van der Waals surface area (Å²) in [7, 11) is 0. The quantitative estimate of drug-likeness (QED) is 0.758. The van der Waals surface area contributed by atoms with Gasteiger partial charge in [0.2, 0.25) is 0 Å². The number of likely N-dealkylation sites (N-methyl/N-ethyl adjacent to an activating group) is 1. The van der Waals surface area contributed by atoms with Gasteiger partial charge >= 0.3 is 0 Å². The summed E-state index contributed by atoms with van der Waals surface area (Å²) in [5.41, 5.74) is 0. The van der Waals surface area contributed by atoms with Crippen LogP contribution in [0.3, 0.4) is 0 Å². The van der Waals surface area contributed by atoms with E-state index in [4.69, 9.17) is 4.74 Å². The SMILES string of the molecule is CCNC(COCC)C1CSCCS1. The lowest BCUT2D eigenvalue weighted by Crippen LogP contribution is -2.44. The average molecular weight is 235 g/mol. The van der Waals surface area contributed by atoms with Crippen LogP contribution in [-0.2, 0) is 4.74 Å². The second-order valence-corrected chi connectivity index (χ2v) is 5.80. The maximum absolute atomic E-state index is 5.52. The molecule has 1 saturated heterocycles. The third kappa shape index (κ3) is 4.43. The lowest BCUT2D eigenvalue weighted by Gasteiger charge is -2.29. The normalized spacial score (nSPS) is 24.9. The Morgan fingerprint density at radius 2 is 2.29 bits per heavy atom. The number of thioether (sulfide) groups is 2. The predicted molar refractivity (Wildman–Crippen MR) is 67.5 cm³/mol. The van der Waals surface area contributed by atoms with Gasteiger partial charge in [0.15, 0.2) is 0 Å². The molecule has 2 atom stereocenters. The van der Waals surface area contributed by atoms with Crippen molar-refractivity contribution in [3.63, 3.8) is 0 Å². The molecule has 1 heterocycles. The molecule has 0 radical (unpaired) electrons. The van der Waals surface area contributed by atoms with E-state index in [1.807, 2.05) is 0 Å². The van der Waals surface area contributed by atoms with Crippen molar-refractivity contribution in [1.29, 1.82) is 0 Å². The lowest BCUT2D eigenvalue weighted by molar-refractivity contribution is 0.124. The Kier molecular flexibility index (Phi) is 7.12. The van der Waals surface area contributed by atoms with Crippen LogP contribution in [0, 0.1) is 0 Å². The van der Waals surface area contributed by atoms with Crippen molar-refractivity contribution in [2.24, 2.45) is 0 Å². The summed E-state index contributed by atoms with van der Waals surface area (Å²) in [6, 6.07) is 0.540. The van der Waals surface area contributed by atoms with Gasteiger partial charge in [-0.05, 0) is 13.5 Å². The first-order valence-corrected chi connectivity index (χ1v) is 7.59. The van der Waals surface area contributed by atoms with Crippen LogP contribution in [0.4, 0.5) is 0 Å². The molecular formula is C10H21NOS2. The van der Waals surface area contributed by atoms with Gasteiger partial charge in [-0.1, -0.05) is 6.92 Å². The number of ether oxygens (including phenoxy) is 1. The molecule has 1 aliphatic heterocycles. The van der Waals surface area contributed by atoms with Gasteiger partial charge in [-0.3, -0.25) is 0 Å². The minimum Gasteiger partial charge on any atom is -0.380 e. The fourth-order valence-electron chi connectivity index (χ4n) is 1.54. The Morgan fingerprint density at radius 3 is 2.86 bits per heavy atom. The minimum absolute atomic E-state index is 0.540. The van der Waals surface area contributed by atoms with Crippen molar-refractivity contribution in [3.05, 3.63) is 0 Å². The fraction of sp³-hybridized carbons (Fsp3) is 1.00. The molecule has 0 aliphatic carbocycles. The highest BCUT2D eigenvalue weighted by molar-refractivity contribution is 8.06. The van der Waals surface area contributed by atoms with Crippen molar-refractivity contribution in [3.8, 4) is 0 Å². The molecule has 1 aliphatic rings. The Balaban J connectivity index is 2.30. The van der Waals surface area contributed by atoms with Crippen molar-refractivity contribution >= 4 is 23.5 Å². The highest BCUT2D eigenvalue weighted by atomic mass is 32.2. The van der Waals surface area contributed by atoms with Crippen LogP contribution >= 0.6 is 23.5 Å². The first-order valence-electron chi connectivity index (χ1n) is 5.39. The van der Waals surface area contributed by atoms with Gasteiger partial charge in [-0.2, -0.15) is 23.5 Å². The van der Waals surface area contributed by atoms with E-state index in [0.717, 1.165) is 25.0 Å². The molecule has 0 saturated carbocycles. The van der Waals surface area contributed by atoms with E-state index in [2.05, 4.69) is 42.7 Å². The van der Waals surface area contributed by atoms with Crippen LogP contribution in [0.2, 0.25) is 0 Å². The van der Waals surface area contributed by atoms with Crippen LogP contribution in [0.15, 0.2) is 0 Å². The average Bonchev–Trinajstić information content (AvgIpc) is 2.25. The first kappa shape index (κ1) is 12.7. The monoisotopic (exact) mass is 235 g/mol. The Hall–Kier alpha value is 0.620. The molecule has 0 bridgehead atoms. The van der Waals surface area contributed by atoms with E-state index in [1.165, 1.54) is 17.3 Å². The molecule has 0 aromatic carbocycles. The van der Waals surface area contributed by atoms with Crippen LogP contribution in [0.1, 0.15) is 13.8 Å². The second-order valence-electron chi connectivity index (χ2n) is 3.31. The summed E-state index contributed by atoms with van der Waals surface area (Å²) in [5.74, 6) is 3.88. The summed E-state index contributed by atoms with van der Waals surface area (Å²) in [4.78, 5) is 0. The van der Waals surface area contributed by atoms with Crippen LogP contribution < -0.4 is 5.32 Å². The first-order chi connectivity index (χ1) is 6.88. The maximum atomic E-state index is 5.52. The molecule has 1 fully saturated rings. The van der Waals surface area contributed by atoms with Crippen molar-refractivity contribution in [1.82, 2.24) is 5.32 Å². The molecule has 2 nitrogen and oxygen atoms in total. The molecule has 1 rings (SSSR count). The van der Waals surface area contributed by atoms with Crippen LogP contribution in [0.5, 0.6) is 0 Å². The molecule has 0 aromatic rings. The second kappa shape index (κ2) is 7.85. The summed E-state index contributed by atoms with van der Waals surface area (Å²) < 4.78 is 5.52. The number of nitrogens with one attached hydrogen (secondary N) is 1. The molecule has 2 unspecified atom stereocenters. The smallest absolute Gasteiger partial charge is 0.0630 e. The van der Waals surface area contributed by atoms with Gasteiger partial charge in [-0.15, -0.1) is 0 Å². The summed E-state index contributed by atoms with van der Waals surface area (Å²) in [6.07, 6.45) is 0. The summed E-state index contributed by atoms with van der Waals surface area (Å²) in [5, 5.41) is 4.26. The Morgan fingerprint density at radius 1 is 1.43 bits per heavy atom. The van der Waals surface area contributed by atoms with Gasteiger partial charge in [-0.25, -0.2) is 0 Å². The number of rotatable bonds is 6. The molecule has 0 aromatic heterocycles. The topological polar surface area (TPSA) is 21.3 Å². The molecule has 1 N–H and O–H groups in total. The zero-order chi connectivity index (χ0) is 10.2. The van der Waals surface area contributed by atoms with E-state index in [0.29, 0.717) is 6.04 Å². The largest absolute Gasteiger partial charge is 0.380 e. The maximum Gasteiger partial charge on any atom is 0.0630 e. The van der Waals surface area contributed by atoms with Gasteiger partial charge in [0.25, 0.3) is 0 Å². The standard InChI is InChI=1S/C10H21NOS2/c1-3-11-9(7-12-4-2)10-8-13-5-6-14-10/h9-11H,3-8H2,1-2H3. The molecular weight excluding hydrogens is 214 g/mol. The highest BCUT2D eigenvalue weighted by Crippen LogP contribution is 2.26. The summed E-state index contributed by atoms with van der Waals surface area (Å²) >= 11 is 4.17. The molecule has 84 valence electrons. The van der Waals surface area contributed by atoms with Gasteiger partial charge in [0, 0.05) is 35.2 Å². The summed E-state index contributed by atoms with van der Waals surface area (Å²) in [6.45, 7) is 6.96. The van der Waals surface area contributed by atoms with Crippen molar-refractivity contribution in [2.45, 2.75) is 25.1 Å². The lowest BCUT2D eigenvalue weighted by atomic mass is 10.2.